The SMILES string of the molecule is Cc1ccc(NC(=O)CSCc2cc(C)ccc2C)cc1. The van der Waals surface area contributed by atoms with Gasteiger partial charge in [-0.2, -0.15) is 0 Å². The van der Waals surface area contributed by atoms with Gasteiger partial charge in [-0.3, -0.25) is 4.79 Å². The summed E-state index contributed by atoms with van der Waals surface area (Å²) < 4.78 is 0. The summed E-state index contributed by atoms with van der Waals surface area (Å²) in [6, 6.07) is 14.3. The molecule has 0 saturated carbocycles. The van der Waals surface area contributed by atoms with Crippen LogP contribution >= 0.6 is 11.8 Å². The Labute approximate surface area is 131 Å². The fourth-order valence-corrected chi connectivity index (χ4v) is 2.93. The summed E-state index contributed by atoms with van der Waals surface area (Å²) in [5, 5.41) is 2.92. The van der Waals surface area contributed by atoms with Crippen LogP contribution in [0, 0.1) is 20.8 Å². The lowest BCUT2D eigenvalue weighted by molar-refractivity contribution is -0.113. The summed E-state index contributed by atoms with van der Waals surface area (Å²) in [5.74, 6) is 1.39. The number of aryl methyl sites for hydroxylation is 3. The number of anilines is 1. The van der Waals surface area contributed by atoms with Gasteiger partial charge in [0.2, 0.25) is 5.91 Å². The molecule has 0 aliphatic carbocycles. The van der Waals surface area contributed by atoms with Gasteiger partial charge in [-0.1, -0.05) is 41.5 Å². The molecule has 1 N–H and O–H groups in total. The van der Waals surface area contributed by atoms with Gasteiger partial charge >= 0.3 is 0 Å². The van der Waals surface area contributed by atoms with Crippen molar-refractivity contribution in [2.75, 3.05) is 11.1 Å². The molecule has 21 heavy (non-hydrogen) atoms. The molecule has 2 aromatic rings. The third kappa shape index (κ3) is 4.94. The van der Waals surface area contributed by atoms with Gasteiger partial charge in [-0.25, -0.2) is 0 Å². The molecule has 0 spiro atoms. The maximum Gasteiger partial charge on any atom is 0.234 e. The molecule has 0 aliphatic rings. The van der Waals surface area contributed by atoms with Gasteiger partial charge in [0.15, 0.2) is 0 Å². The Morgan fingerprint density at radius 3 is 2.38 bits per heavy atom. The van der Waals surface area contributed by atoms with Gasteiger partial charge < -0.3 is 5.32 Å². The second-order valence-electron chi connectivity index (χ2n) is 5.34. The molecule has 3 heteroatoms. The van der Waals surface area contributed by atoms with E-state index in [9.17, 15) is 4.79 Å². The standard InChI is InChI=1S/C18H21NOS/c1-13-5-8-17(9-6-13)19-18(20)12-21-11-16-10-14(2)4-7-15(16)3/h4-10H,11-12H2,1-3H3,(H,19,20). The number of carbonyl (C=O) groups is 1. The lowest BCUT2D eigenvalue weighted by Crippen LogP contribution is -2.14. The van der Waals surface area contributed by atoms with Crippen molar-refractivity contribution in [2.45, 2.75) is 26.5 Å². The van der Waals surface area contributed by atoms with E-state index in [-0.39, 0.29) is 5.91 Å². The molecule has 0 bridgehead atoms. The minimum Gasteiger partial charge on any atom is -0.325 e. The molecule has 0 atom stereocenters. The highest BCUT2D eigenvalue weighted by molar-refractivity contribution is 7.99. The summed E-state index contributed by atoms with van der Waals surface area (Å²) in [5.41, 5.74) is 5.91. The van der Waals surface area contributed by atoms with Crippen LogP contribution in [-0.4, -0.2) is 11.7 Å². The zero-order chi connectivity index (χ0) is 15.2. The molecule has 2 rings (SSSR count). The van der Waals surface area contributed by atoms with Crippen LogP contribution in [0.5, 0.6) is 0 Å². The first kappa shape index (κ1) is 15.6. The van der Waals surface area contributed by atoms with E-state index in [1.165, 1.54) is 22.3 Å². The predicted molar refractivity (Wildman–Crippen MR) is 91.9 cm³/mol. The molecule has 0 aliphatic heterocycles. The number of rotatable bonds is 5. The van der Waals surface area contributed by atoms with Crippen molar-refractivity contribution in [1.82, 2.24) is 0 Å². The van der Waals surface area contributed by atoms with Crippen molar-refractivity contribution in [2.24, 2.45) is 0 Å². The highest BCUT2D eigenvalue weighted by Gasteiger charge is 2.04. The highest BCUT2D eigenvalue weighted by atomic mass is 32.2. The van der Waals surface area contributed by atoms with Crippen LogP contribution in [0.15, 0.2) is 42.5 Å². The fraction of sp³-hybridized carbons (Fsp3) is 0.278. The Morgan fingerprint density at radius 2 is 1.67 bits per heavy atom. The second kappa shape index (κ2) is 7.32. The van der Waals surface area contributed by atoms with E-state index >= 15 is 0 Å². The minimum absolute atomic E-state index is 0.0501. The molecule has 110 valence electrons. The largest absolute Gasteiger partial charge is 0.325 e. The van der Waals surface area contributed by atoms with E-state index in [4.69, 9.17) is 0 Å². The molecule has 2 aromatic carbocycles. The molecule has 0 aromatic heterocycles. The van der Waals surface area contributed by atoms with E-state index < -0.39 is 0 Å². The molecule has 0 heterocycles. The number of carbonyl (C=O) groups excluding carboxylic acids is 1. The van der Waals surface area contributed by atoms with Crippen LogP contribution < -0.4 is 5.32 Å². The molecular weight excluding hydrogens is 278 g/mol. The first-order valence-corrected chi connectivity index (χ1v) is 8.20. The van der Waals surface area contributed by atoms with Crippen LogP contribution in [-0.2, 0) is 10.5 Å². The Balaban J connectivity index is 1.81. The van der Waals surface area contributed by atoms with Gasteiger partial charge in [0.25, 0.3) is 0 Å². The Hall–Kier alpha value is -1.74. The lowest BCUT2D eigenvalue weighted by atomic mass is 10.1. The molecule has 1 amide bonds. The zero-order valence-corrected chi connectivity index (χ0v) is 13.6. The molecule has 0 saturated heterocycles. The van der Waals surface area contributed by atoms with E-state index in [0.717, 1.165) is 11.4 Å². The number of hydrogen-bond acceptors (Lipinski definition) is 2. The average Bonchev–Trinajstić information content (AvgIpc) is 2.45. The first-order chi connectivity index (χ1) is 10.0. The third-order valence-corrected chi connectivity index (χ3v) is 4.31. The average molecular weight is 299 g/mol. The van der Waals surface area contributed by atoms with Gasteiger partial charge in [0, 0.05) is 11.4 Å². The third-order valence-electron chi connectivity index (χ3n) is 3.33. The van der Waals surface area contributed by atoms with Crippen LogP contribution in [0.25, 0.3) is 0 Å². The highest BCUT2D eigenvalue weighted by Crippen LogP contribution is 2.18. The maximum atomic E-state index is 11.9. The number of amides is 1. The molecular formula is C18H21NOS. The number of nitrogens with one attached hydrogen (secondary N) is 1. The first-order valence-electron chi connectivity index (χ1n) is 7.05. The fourth-order valence-electron chi connectivity index (χ4n) is 2.04. The Morgan fingerprint density at radius 1 is 1.00 bits per heavy atom. The van der Waals surface area contributed by atoms with Gasteiger partial charge in [-0.15, -0.1) is 11.8 Å². The molecule has 0 radical (unpaired) electrons. The van der Waals surface area contributed by atoms with Crippen molar-refractivity contribution < 1.29 is 4.79 Å². The van der Waals surface area contributed by atoms with Crippen molar-refractivity contribution >= 4 is 23.4 Å². The Bertz CT molecular complexity index is 620. The molecule has 0 fully saturated rings. The monoisotopic (exact) mass is 299 g/mol. The van der Waals surface area contributed by atoms with Crippen LogP contribution in [0.4, 0.5) is 5.69 Å². The summed E-state index contributed by atoms with van der Waals surface area (Å²) in [6.07, 6.45) is 0. The summed E-state index contributed by atoms with van der Waals surface area (Å²) >= 11 is 1.65. The molecule has 0 unspecified atom stereocenters. The summed E-state index contributed by atoms with van der Waals surface area (Å²) in [6.45, 7) is 6.24. The Kier molecular flexibility index (Phi) is 5.45. The topological polar surface area (TPSA) is 29.1 Å². The predicted octanol–water partition coefficient (Wildman–Crippen LogP) is 4.48. The minimum atomic E-state index is 0.0501. The van der Waals surface area contributed by atoms with Crippen molar-refractivity contribution in [1.29, 1.82) is 0 Å². The van der Waals surface area contributed by atoms with Gasteiger partial charge in [0.1, 0.15) is 0 Å². The van der Waals surface area contributed by atoms with Crippen molar-refractivity contribution in [3.05, 3.63) is 64.7 Å². The van der Waals surface area contributed by atoms with E-state index in [1.807, 2.05) is 31.2 Å². The van der Waals surface area contributed by atoms with Crippen LogP contribution in [0.3, 0.4) is 0 Å². The van der Waals surface area contributed by atoms with E-state index in [2.05, 4.69) is 37.4 Å². The van der Waals surface area contributed by atoms with Crippen LogP contribution in [0.2, 0.25) is 0 Å². The number of hydrogen-bond donors (Lipinski definition) is 1. The normalized spacial score (nSPS) is 10.4. The number of benzene rings is 2. The summed E-state index contributed by atoms with van der Waals surface area (Å²) in [7, 11) is 0. The van der Waals surface area contributed by atoms with E-state index in [1.54, 1.807) is 11.8 Å². The summed E-state index contributed by atoms with van der Waals surface area (Å²) in [4.78, 5) is 11.9. The van der Waals surface area contributed by atoms with Crippen molar-refractivity contribution in [3.63, 3.8) is 0 Å². The lowest BCUT2D eigenvalue weighted by Gasteiger charge is -2.08. The van der Waals surface area contributed by atoms with Gasteiger partial charge in [-0.05, 0) is 44.0 Å². The quantitative estimate of drug-likeness (QED) is 0.881. The smallest absolute Gasteiger partial charge is 0.234 e. The van der Waals surface area contributed by atoms with E-state index in [0.29, 0.717) is 5.75 Å². The zero-order valence-electron chi connectivity index (χ0n) is 12.8. The van der Waals surface area contributed by atoms with Crippen molar-refractivity contribution in [3.8, 4) is 0 Å². The second-order valence-corrected chi connectivity index (χ2v) is 6.32. The van der Waals surface area contributed by atoms with Gasteiger partial charge in [0.05, 0.1) is 5.75 Å². The maximum absolute atomic E-state index is 11.9. The number of thioether (sulfide) groups is 1. The molecule has 2 nitrogen and oxygen atoms in total. The van der Waals surface area contributed by atoms with Crippen LogP contribution in [0.1, 0.15) is 22.3 Å².